The van der Waals surface area contributed by atoms with Gasteiger partial charge in [0.15, 0.2) is 6.10 Å². The van der Waals surface area contributed by atoms with Crippen molar-refractivity contribution in [3.8, 4) is 0 Å². The molecule has 5 fully saturated rings. The van der Waals surface area contributed by atoms with Gasteiger partial charge in [-0.05, 0) is 42.6 Å². The molecule has 0 amide bonds. The van der Waals surface area contributed by atoms with E-state index in [1.165, 1.54) is 6.92 Å². The minimum Gasteiger partial charge on any atom is -0.472 e. The second-order valence-electron chi connectivity index (χ2n) is 13.2. The van der Waals surface area contributed by atoms with Crippen molar-refractivity contribution in [3.63, 3.8) is 0 Å². The summed E-state index contributed by atoms with van der Waals surface area (Å²) in [6.45, 7) is 11.8. The quantitative estimate of drug-likeness (QED) is 0.466. The van der Waals surface area contributed by atoms with E-state index in [1.807, 2.05) is 6.07 Å². The van der Waals surface area contributed by atoms with Gasteiger partial charge in [0.1, 0.15) is 17.8 Å². The van der Waals surface area contributed by atoms with E-state index in [0.29, 0.717) is 19.3 Å². The topological polar surface area (TPSA) is 119 Å². The number of fused-ring (bicyclic) bond motifs is 3. The molecule has 2 N–H and O–H groups in total. The molecule has 0 radical (unpaired) electrons. The molecule has 0 aromatic carbocycles. The summed E-state index contributed by atoms with van der Waals surface area (Å²) in [5.74, 6) is -0.982. The van der Waals surface area contributed by atoms with Gasteiger partial charge in [0.25, 0.3) is 0 Å². The van der Waals surface area contributed by atoms with Gasteiger partial charge >= 0.3 is 11.9 Å². The molecule has 1 aromatic heterocycles. The number of epoxide rings is 1. The van der Waals surface area contributed by atoms with E-state index in [-0.39, 0.29) is 17.8 Å². The Balaban J connectivity index is 1.51. The third kappa shape index (κ3) is 2.56. The highest BCUT2D eigenvalue weighted by Crippen LogP contribution is 2.80. The second-order valence-corrected chi connectivity index (χ2v) is 13.2. The van der Waals surface area contributed by atoms with Gasteiger partial charge in [0.2, 0.25) is 0 Å². The molecule has 5 aliphatic rings. The summed E-state index contributed by atoms with van der Waals surface area (Å²) in [4.78, 5) is 25.4. The van der Waals surface area contributed by atoms with Crippen LogP contribution in [-0.2, 0) is 23.8 Å². The minimum absolute atomic E-state index is 0.0932. The van der Waals surface area contributed by atoms with Gasteiger partial charge in [-0.25, -0.2) is 4.79 Å². The Morgan fingerprint density at radius 2 is 1.78 bits per heavy atom. The number of esters is 2. The summed E-state index contributed by atoms with van der Waals surface area (Å²) in [5, 5.41) is 23.1. The van der Waals surface area contributed by atoms with E-state index in [2.05, 4.69) is 34.6 Å². The van der Waals surface area contributed by atoms with Crippen LogP contribution in [0, 0.1) is 33.5 Å². The fraction of sp³-hybridized carbons (Fsp3) is 0.786. The van der Waals surface area contributed by atoms with Crippen LogP contribution in [0.3, 0.4) is 0 Å². The number of furan rings is 1. The summed E-state index contributed by atoms with van der Waals surface area (Å²) in [7, 11) is 0. The van der Waals surface area contributed by atoms with Crippen LogP contribution < -0.4 is 0 Å². The van der Waals surface area contributed by atoms with Crippen LogP contribution in [0.25, 0.3) is 0 Å². The maximum Gasteiger partial charge on any atom is 0.339 e. The lowest BCUT2D eigenvalue weighted by Crippen LogP contribution is -2.75. The molecule has 3 saturated carbocycles. The Labute approximate surface area is 211 Å². The predicted molar refractivity (Wildman–Crippen MR) is 126 cm³/mol. The molecule has 1 spiro atoms. The van der Waals surface area contributed by atoms with Gasteiger partial charge in [-0.1, -0.05) is 34.6 Å². The number of aliphatic hydroxyl groups is 2. The number of rotatable bonds is 2. The monoisotopic (exact) mass is 502 g/mol. The molecule has 2 aliphatic heterocycles. The lowest BCUT2D eigenvalue weighted by Gasteiger charge is -2.71. The molecule has 8 heteroatoms. The van der Waals surface area contributed by atoms with Crippen LogP contribution in [-0.4, -0.2) is 52.2 Å². The number of hydrogen-bond donors (Lipinski definition) is 2. The third-order valence-electron chi connectivity index (χ3n) is 11.7. The van der Waals surface area contributed by atoms with Crippen LogP contribution in [0.2, 0.25) is 0 Å². The van der Waals surface area contributed by atoms with Crippen molar-refractivity contribution in [2.75, 3.05) is 0 Å². The summed E-state index contributed by atoms with van der Waals surface area (Å²) in [6, 6.07) is 1.82. The third-order valence-corrected chi connectivity index (χ3v) is 11.7. The van der Waals surface area contributed by atoms with Gasteiger partial charge in [-0.3, -0.25) is 4.79 Å². The highest BCUT2D eigenvalue weighted by molar-refractivity contribution is 5.82. The van der Waals surface area contributed by atoms with E-state index < -0.39 is 63.8 Å². The van der Waals surface area contributed by atoms with E-state index in [1.54, 1.807) is 12.5 Å². The average Bonchev–Trinajstić information content (AvgIpc) is 3.37. The molecule has 3 heterocycles. The van der Waals surface area contributed by atoms with Crippen molar-refractivity contribution in [2.45, 2.75) is 103 Å². The highest BCUT2D eigenvalue weighted by atomic mass is 16.7. The first-order valence-electron chi connectivity index (χ1n) is 13.2. The molecule has 36 heavy (non-hydrogen) atoms. The SMILES string of the molecule is CC(=O)O[C@H]1C[C@@H](O)C(C)(C)[C@@H]2C[C@@H](O)[C@]3(C)[C@H](CC[C@@]4(C)[C@H](c5ccoc5)OC(=O)[C@H]5O[C@@]534)[C@@]12C. The standard InChI is InChI=1S/C28H38O8/c1-14(29)34-20-12-18(30)24(2,3)17-11-19(31)27(6)16(26(17,20)5)7-9-25(4)21(15-8-10-33-13-15)35-23(32)22-28(25,27)36-22/h8,10,13,16-22,30-31H,7,9,11-12H2,1-6H3/t16-,17+,18-,19-,20+,21+,22-,25+,26-,27+,28-/m1/s1. The van der Waals surface area contributed by atoms with Gasteiger partial charge in [-0.15, -0.1) is 0 Å². The van der Waals surface area contributed by atoms with Gasteiger partial charge < -0.3 is 28.8 Å². The Kier molecular flexibility index (Phi) is 4.85. The smallest absolute Gasteiger partial charge is 0.339 e. The summed E-state index contributed by atoms with van der Waals surface area (Å²) in [6.07, 6.45) is 2.17. The lowest BCUT2D eigenvalue weighted by atomic mass is 9.34. The maximum absolute atomic E-state index is 13.2. The Bertz CT molecular complexity index is 1100. The first-order chi connectivity index (χ1) is 16.8. The van der Waals surface area contributed by atoms with Crippen molar-refractivity contribution >= 4 is 11.9 Å². The molecule has 1 aromatic rings. The van der Waals surface area contributed by atoms with Crippen LogP contribution in [0.5, 0.6) is 0 Å². The average molecular weight is 503 g/mol. The molecule has 0 unspecified atom stereocenters. The number of carbonyl (C=O) groups excluding carboxylic acids is 2. The Morgan fingerprint density at radius 1 is 1.06 bits per heavy atom. The number of ether oxygens (including phenoxy) is 3. The zero-order valence-electron chi connectivity index (χ0n) is 21.9. The molecule has 3 aliphatic carbocycles. The number of carbonyl (C=O) groups is 2. The summed E-state index contributed by atoms with van der Waals surface area (Å²) in [5.41, 5.74) is -2.52. The summed E-state index contributed by atoms with van der Waals surface area (Å²) >= 11 is 0. The normalized spacial score (nSPS) is 52.7. The van der Waals surface area contributed by atoms with E-state index in [4.69, 9.17) is 18.6 Å². The van der Waals surface area contributed by atoms with Crippen molar-refractivity contribution < 1.29 is 38.4 Å². The Hall–Kier alpha value is -1.90. The largest absolute Gasteiger partial charge is 0.472 e. The van der Waals surface area contributed by atoms with Gasteiger partial charge in [-0.2, -0.15) is 0 Å². The molecule has 11 atom stereocenters. The molecular weight excluding hydrogens is 464 g/mol. The minimum atomic E-state index is -0.922. The molecule has 8 nitrogen and oxygen atoms in total. The maximum atomic E-state index is 13.2. The number of hydrogen-bond acceptors (Lipinski definition) is 8. The van der Waals surface area contributed by atoms with E-state index >= 15 is 0 Å². The lowest BCUT2D eigenvalue weighted by molar-refractivity contribution is -0.295. The molecule has 0 bridgehead atoms. The molecule has 198 valence electrons. The van der Waals surface area contributed by atoms with Crippen LogP contribution in [0.4, 0.5) is 0 Å². The summed E-state index contributed by atoms with van der Waals surface area (Å²) < 4.78 is 23.7. The fourth-order valence-electron chi connectivity index (χ4n) is 9.83. The van der Waals surface area contributed by atoms with Crippen LogP contribution in [0.15, 0.2) is 23.0 Å². The van der Waals surface area contributed by atoms with Gasteiger partial charge in [0.05, 0.1) is 24.7 Å². The first-order valence-corrected chi connectivity index (χ1v) is 13.2. The van der Waals surface area contributed by atoms with Crippen molar-refractivity contribution in [1.29, 1.82) is 0 Å². The van der Waals surface area contributed by atoms with Crippen molar-refractivity contribution in [2.24, 2.45) is 33.5 Å². The molecular formula is C28H38O8. The molecule has 2 saturated heterocycles. The number of aliphatic hydroxyl groups excluding tert-OH is 2. The highest BCUT2D eigenvalue weighted by Gasteiger charge is 2.88. The van der Waals surface area contributed by atoms with Gasteiger partial charge in [0, 0.05) is 35.2 Å². The predicted octanol–water partition coefficient (Wildman–Crippen LogP) is 3.55. The van der Waals surface area contributed by atoms with Crippen molar-refractivity contribution in [3.05, 3.63) is 24.2 Å². The molecule has 6 rings (SSSR count). The Morgan fingerprint density at radius 3 is 2.42 bits per heavy atom. The second kappa shape index (κ2) is 7.14. The van der Waals surface area contributed by atoms with Crippen LogP contribution in [0.1, 0.15) is 78.9 Å². The van der Waals surface area contributed by atoms with E-state index in [0.717, 1.165) is 12.0 Å². The van der Waals surface area contributed by atoms with Crippen LogP contribution >= 0.6 is 0 Å². The zero-order valence-corrected chi connectivity index (χ0v) is 21.9. The first kappa shape index (κ1) is 24.4. The zero-order chi connectivity index (χ0) is 26.1. The van der Waals surface area contributed by atoms with Crippen molar-refractivity contribution in [1.82, 2.24) is 0 Å². The number of cyclic esters (lactones) is 1. The fourth-order valence-corrected chi connectivity index (χ4v) is 9.83. The van der Waals surface area contributed by atoms with E-state index in [9.17, 15) is 19.8 Å².